The number of carbonyl (C=O) groups is 1. The van der Waals surface area contributed by atoms with Gasteiger partial charge in [0.15, 0.2) is 5.82 Å². The van der Waals surface area contributed by atoms with Gasteiger partial charge in [0.05, 0.1) is 5.92 Å². The number of anilines is 2. The molecule has 6 nitrogen and oxygen atoms in total. The van der Waals surface area contributed by atoms with E-state index in [9.17, 15) is 9.18 Å². The predicted molar refractivity (Wildman–Crippen MR) is 113 cm³/mol. The topological polar surface area (TPSA) is 67.4 Å². The molecule has 7 heteroatoms. The number of nitrogens with zero attached hydrogens (tertiary/aromatic N) is 3. The van der Waals surface area contributed by atoms with Crippen molar-refractivity contribution in [1.82, 2.24) is 9.97 Å². The second kappa shape index (κ2) is 8.90. The molecule has 30 heavy (non-hydrogen) atoms. The molecule has 0 unspecified atom stereocenters. The first-order valence-electron chi connectivity index (χ1n) is 9.95. The molecule has 0 bridgehead atoms. The summed E-state index contributed by atoms with van der Waals surface area (Å²) < 4.78 is 19.1. The van der Waals surface area contributed by atoms with Crippen LogP contribution in [0.1, 0.15) is 18.4 Å². The maximum atomic E-state index is 13.1. The van der Waals surface area contributed by atoms with Crippen LogP contribution in [-0.4, -0.2) is 29.0 Å². The maximum Gasteiger partial charge on any atom is 0.263 e. The lowest BCUT2D eigenvalue weighted by molar-refractivity contribution is -0.120. The molecule has 4 rings (SSSR count). The van der Waals surface area contributed by atoms with Crippen LogP contribution in [0.3, 0.4) is 0 Å². The van der Waals surface area contributed by atoms with E-state index in [2.05, 4.69) is 15.3 Å². The van der Waals surface area contributed by atoms with Gasteiger partial charge in [0.1, 0.15) is 11.6 Å². The Morgan fingerprint density at radius 2 is 1.83 bits per heavy atom. The summed E-state index contributed by atoms with van der Waals surface area (Å²) in [7, 11) is 0. The minimum atomic E-state index is -0.333. The Bertz CT molecular complexity index is 1010. The van der Waals surface area contributed by atoms with E-state index in [0.29, 0.717) is 29.7 Å². The molecule has 1 N–H and O–H groups in total. The lowest BCUT2D eigenvalue weighted by Crippen LogP contribution is -2.41. The fraction of sp³-hybridized carbons (Fsp3) is 0.261. The Balaban J connectivity index is 1.47. The van der Waals surface area contributed by atoms with E-state index in [-0.39, 0.29) is 17.6 Å². The number of hydrogen-bond donors (Lipinski definition) is 1. The van der Waals surface area contributed by atoms with Crippen LogP contribution in [0, 0.1) is 18.7 Å². The number of aryl methyl sites for hydroxylation is 1. The Morgan fingerprint density at radius 1 is 1.10 bits per heavy atom. The summed E-state index contributed by atoms with van der Waals surface area (Å²) in [6, 6.07) is 13.5. The summed E-state index contributed by atoms with van der Waals surface area (Å²) in [5.74, 6) is 1.10. The molecule has 1 aromatic heterocycles. The van der Waals surface area contributed by atoms with Crippen molar-refractivity contribution in [3.8, 4) is 11.6 Å². The molecule has 1 aliphatic rings. The minimum Gasteiger partial charge on any atom is -0.436 e. The Hall–Kier alpha value is -3.48. The van der Waals surface area contributed by atoms with Crippen molar-refractivity contribution < 1.29 is 13.9 Å². The highest BCUT2D eigenvalue weighted by Crippen LogP contribution is 2.31. The van der Waals surface area contributed by atoms with Gasteiger partial charge in [-0.1, -0.05) is 17.7 Å². The fourth-order valence-electron chi connectivity index (χ4n) is 3.49. The minimum absolute atomic E-state index is 0.0869. The monoisotopic (exact) mass is 406 g/mol. The van der Waals surface area contributed by atoms with Crippen molar-refractivity contribution in [3.63, 3.8) is 0 Å². The van der Waals surface area contributed by atoms with Crippen molar-refractivity contribution >= 4 is 17.4 Å². The number of amides is 1. The molecule has 2 aromatic carbocycles. The van der Waals surface area contributed by atoms with Crippen LogP contribution >= 0.6 is 0 Å². The first-order chi connectivity index (χ1) is 14.6. The van der Waals surface area contributed by atoms with E-state index in [0.717, 1.165) is 24.9 Å². The molecule has 0 radical (unpaired) electrons. The first-order valence-corrected chi connectivity index (χ1v) is 9.95. The molecule has 154 valence electrons. The summed E-state index contributed by atoms with van der Waals surface area (Å²) >= 11 is 0. The summed E-state index contributed by atoms with van der Waals surface area (Å²) in [5.41, 5.74) is 1.73. The van der Waals surface area contributed by atoms with Crippen molar-refractivity contribution in [2.24, 2.45) is 5.92 Å². The lowest BCUT2D eigenvalue weighted by atomic mass is 9.97. The smallest absolute Gasteiger partial charge is 0.263 e. The third kappa shape index (κ3) is 4.74. The average Bonchev–Trinajstić information content (AvgIpc) is 2.77. The number of piperidine rings is 1. The van der Waals surface area contributed by atoms with E-state index in [1.54, 1.807) is 24.5 Å². The molecular formula is C23H23FN4O2. The van der Waals surface area contributed by atoms with Gasteiger partial charge in [-0.05, 0) is 56.2 Å². The van der Waals surface area contributed by atoms with E-state index in [4.69, 9.17) is 4.74 Å². The Labute approximate surface area is 174 Å². The zero-order chi connectivity index (χ0) is 20.9. The Morgan fingerprint density at radius 3 is 2.60 bits per heavy atom. The highest BCUT2D eigenvalue weighted by atomic mass is 19.1. The molecule has 2 heterocycles. The van der Waals surface area contributed by atoms with Gasteiger partial charge in [-0.3, -0.25) is 4.79 Å². The first kappa shape index (κ1) is 19.8. The van der Waals surface area contributed by atoms with E-state index in [1.165, 1.54) is 12.1 Å². The third-order valence-electron chi connectivity index (χ3n) is 5.09. The molecule has 1 aliphatic heterocycles. The normalized spacial score (nSPS) is 16.2. The number of carbonyl (C=O) groups excluding carboxylic acids is 1. The van der Waals surface area contributed by atoms with Crippen molar-refractivity contribution in [1.29, 1.82) is 0 Å². The SMILES string of the molecule is Cc1ccc(Oc2nccnc2N2CCC[C@@H](C(=O)Nc3ccc(F)cc3)C2)cc1. The van der Waals surface area contributed by atoms with E-state index >= 15 is 0 Å². The van der Waals surface area contributed by atoms with Crippen LogP contribution in [-0.2, 0) is 4.79 Å². The summed E-state index contributed by atoms with van der Waals surface area (Å²) in [4.78, 5) is 23.6. The van der Waals surface area contributed by atoms with Gasteiger partial charge in [-0.25, -0.2) is 14.4 Å². The van der Waals surface area contributed by atoms with Crippen LogP contribution in [0.15, 0.2) is 60.9 Å². The molecule has 0 spiro atoms. The van der Waals surface area contributed by atoms with Gasteiger partial charge in [0, 0.05) is 31.2 Å². The Kier molecular flexibility index (Phi) is 5.88. The van der Waals surface area contributed by atoms with E-state index < -0.39 is 0 Å². The van der Waals surface area contributed by atoms with Gasteiger partial charge in [-0.15, -0.1) is 0 Å². The van der Waals surface area contributed by atoms with Crippen LogP contribution in [0.2, 0.25) is 0 Å². The quantitative estimate of drug-likeness (QED) is 0.672. The number of aromatic nitrogens is 2. The molecule has 0 aliphatic carbocycles. The van der Waals surface area contributed by atoms with Crippen molar-refractivity contribution in [2.45, 2.75) is 19.8 Å². The van der Waals surface area contributed by atoms with Crippen molar-refractivity contribution in [3.05, 3.63) is 72.3 Å². The summed E-state index contributed by atoms with van der Waals surface area (Å²) in [6.45, 7) is 3.29. The number of nitrogens with one attached hydrogen (secondary N) is 1. The van der Waals surface area contributed by atoms with Crippen LogP contribution < -0.4 is 15.0 Å². The lowest BCUT2D eigenvalue weighted by Gasteiger charge is -2.33. The molecule has 3 aromatic rings. The van der Waals surface area contributed by atoms with E-state index in [1.807, 2.05) is 36.1 Å². The van der Waals surface area contributed by atoms with Gasteiger partial charge in [0.25, 0.3) is 5.88 Å². The van der Waals surface area contributed by atoms with Gasteiger partial charge >= 0.3 is 0 Å². The second-order valence-corrected chi connectivity index (χ2v) is 7.38. The summed E-state index contributed by atoms with van der Waals surface area (Å²) in [5, 5.41) is 2.87. The summed E-state index contributed by atoms with van der Waals surface area (Å²) in [6.07, 6.45) is 4.84. The van der Waals surface area contributed by atoms with Crippen LogP contribution in [0.25, 0.3) is 0 Å². The highest BCUT2D eigenvalue weighted by Gasteiger charge is 2.28. The molecule has 1 saturated heterocycles. The maximum absolute atomic E-state index is 13.1. The second-order valence-electron chi connectivity index (χ2n) is 7.38. The molecule has 1 fully saturated rings. The molecule has 1 atom stereocenters. The van der Waals surface area contributed by atoms with Gasteiger partial charge in [-0.2, -0.15) is 0 Å². The number of rotatable bonds is 5. The molecule has 1 amide bonds. The van der Waals surface area contributed by atoms with Gasteiger partial charge in [0.2, 0.25) is 5.91 Å². The number of hydrogen-bond acceptors (Lipinski definition) is 5. The molecular weight excluding hydrogens is 383 g/mol. The van der Waals surface area contributed by atoms with Crippen LogP contribution in [0.5, 0.6) is 11.6 Å². The molecule has 0 saturated carbocycles. The predicted octanol–water partition coefficient (Wildman–Crippen LogP) is 4.57. The number of ether oxygens (including phenoxy) is 1. The zero-order valence-corrected chi connectivity index (χ0v) is 16.7. The fourth-order valence-corrected chi connectivity index (χ4v) is 3.49. The highest BCUT2D eigenvalue weighted by molar-refractivity contribution is 5.93. The third-order valence-corrected chi connectivity index (χ3v) is 5.09. The number of benzene rings is 2. The number of halogens is 1. The largest absolute Gasteiger partial charge is 0.436 e. The standard InChI is InChI=1S/C23H23FN4O2/c1-16-4-10-20(11-5-16)30-23-21(25-12-13-26-23)28-14-2-3-17(15-28)22(29)27-19-8-6-18(24)7-9-19/h4-13,17H,2-3,14-15H2,1H3,(H,27,29)/t17-/m1/s1. The average molecular weight is 406 g/mol. The van der Waals surface area contributed by atoms with Gasteiger partial charge < -0.3 is 15.0 Å². The zero-order valence-electron chi connectivity index (χ0n) is 16.7. The van der Waals surface area contributed by atoms with Crippen LogP contribution in [0.4, 0.5) is 15.9 Å². The van der Waals surface area contributed by atoms with Crippen molar-refractivity contribution in [2.75, 3.05) is 23.3 Å².